The Labute approximate surface area is 152 Å². The first kappa shape index (κ1) is 17.2. The standard InChI is InChI=1S/C19H22N4OS/c1-14-4-6-16(7-5-14)18-22-17(12-24-18)10-21-19(20-2)23(3)11-15-8-9-25-13-15/h4-9,12-13H,10-11H2,1-3H3,(H,20,21). The molecule has 1 aromatic carbocycles. The van der Waals surface area contributed by atoms with Crippen LogP contribution in [0.25, 0.3) is 11.5 Å². The SMILES string of the molecule is CN=C(NCc1coc(-c2ccc(C)cc2)n1)N(C)Cc1ccsc1. The van der Waals surface area contributed by atoms with Crippen molar-refractivity contribution in [2.75, 3.05) is 14.1 Å². The molecule has 0 amide bonds. The molecule has 3 aromatic rings. The van der Waals surface area contributed by atoms with E-state index in [-0.39, 0.29) is 0 Å². The minimum absolute atomic E-state index is 0.565. The molecule has 0 aliphatic heterocycles. The topological polar surface area (TPSA) is 53.7 Å². The van der Waals surface area contributed by atoms with Crippen molar-refractivity contribution in [3.63, 3.8) is 0 Å². The summed E-state index contributed by atoms with van der Waals surface area (Å²) in [7, 11) is 3.81. The first-order valence-electron chi connectivity index (χ1n) is 8.10. The third kappa shape index (κ3) is 4.48. The lowest BCUT2D eigenvalue weighted by Crippen LogP contribution is -2.38. The van der Waals surface area contributed by atoms with Gasteiger partial charge in [-0.15, -0.1) is 0 Å². The van der Waals surface area contributed by atoms with Crippen LogP contribution in [0.2, 0.25) is 0 Å². The van der Waals surface area contributed by atoms with Gasteiger partial charge in [-0.2, -0.15) is 11.3 Å². The van der Waals surface area contributed by atoms with Gasteiger partial charge in [0.05, 0.1) is 12.2 Å². The number of hydrogen-bond donors (Lipinski definition) is 1. The van der Waals surface area contributed by atoms with Crippen molar-refractivity contribution in [3.05, 3.63) is 64.2 Å². The van der Waals surface area contributed by atoms with E-state index in [2.05, 4.69) is 56.1 Å². The molecule has 0 saturated heterocycles. The summed E-state index contributed by atoms with van der Waals surface area (Å²) in [5.41, 5.74) is 4.32. The van der Waals surface area contributed by atoms with Crippen LogP contribution in [-0.2, 0) is 13.1 Å². The highest BCUT2D eigenvalue weighted by atomic mass is 32.1. The first-order valence-corrected chi connectivity index (χ1v) is 9.04. The van der Waals surface area contributed by atoms with Gasteiger partial charge in [-0.05, 0) is 41.4 Å². The summed E-state index contributed by atoms with van der Waals surface area (Å²) >= 11 is 1.70. The van der Waals surface area contributed by atoms with Gasteiger partial charge in [0.25, 0.3) is 0 Å². The number of aliphatic imine (C=N–C) groups is 1. The summed E-state index contributed by atoms with van der Waals surface area (Å²) in [6, 6.07) is 10.3. The molecule has 3 rings (SSSR count). The van der Waals surface area contributed by atoms with Crippen LogP contribution in [0.4, 0.5) is 0 Å². The van der Waals surface area contributed by atoms with E-state index in [1.165, 1.54) is 11.1 Å². The Morgan fingerprint density at radius 1 is 1.28 bits per heavy atom. The van der Waals surface area contributed by atoms with Crippen LogP contribution in [0.3, 0.4) is 0 Å². The van der Waals surface area contributed by atoms with E-state index < -0.39 is 0 Å². The number of guanidine groups is 1. The number of rotatable bonds is 5. The molecule has 1 N–H and O–H groups in total. The number of hydrogen-bond acceptors (Lipinski definition) is 4. The van der Waals surface area contributed by atoms with Gasteiger partial charge < -0.3 is 14.6 Å². The predicted octanol–water partition coefficient (Wildman–Crippen LogP) is 3.92. The molecule has 130 valence electrons. The molecule has 0 radical (unpaired) electrons. The highest BCUT2D eigenvalue weighted by Gasteiger charge is 2.10. The quantitative estimate of drug-likeness (QED) is 0.557. The van der Waals surface area contributed by atoms with Crippen molar-refractivity contribution in [1.82, 2.24) is 15.2 Å². The van der Waals surface area contributed by atoms with Gasteiger partial charge in [-0.1, -0.05) is 17.7 Å². The molecule has 6 heteroatoms. The van der Waals surface area contributed by atoms with Crippen LogP contribution < -0.4 is 5.32 Å². The van der Waals surface area contributed by atoms with Crippen LogP contribution in [0, 0.1) is 6.92 Å². The second kappa shape index (κ2) is 7.98. The van der Waals surface area contributed by atoms with Crippen LogP contribution >= 0.6 is 11.3 Å². The number of nitrogens with one attached hydrogen (secondary N) is 1. The normalized spacial score (nSPS) is 11.6. The largest absolute Gasteiger partial charge is 0.444 e. The zero-order chi connectivity index (χ0) is 17.6. The van der Waals surface area contributed by atoms with Gasteiger partial charge >= 0.3 is 0 Å². The van der Waals surface area contributed by atoms with Gasteiger partial charge in [0.1, 0.15) is 6.26 Å². The summed E-state index contributed by atoms with van der Waals surface area (Å²) < 4.78 is 5.60. The number of aromatic nitrogens is 1. The fourth-order valence-electron chi connectivity index (χ4n) is 2.50. The van der Waals surface area contributed by atoms with Gasteiger partial charge in [0.2, 0.25) is 5.89 Å². The van der Waals surface area contributed by atoms with Crippen LogP contribution in [0.1, 0.15) is 16.8 Å². The average molecular weight is 354 g/mol. The number of thiophene rings is 1. The van der Waals surface area contributed by atoms with Crippen molar-refractivity contribution < 1.29 is 4.42 Å². The third-order valence-corrected chi connectivity index (χ3v) is 4.58. The van der Waals surface area contributed by atoms with Crippen molar-refractivity contribution >= 4 is 17.3 Å². The molecule has 0 aliphatic rings. The van der Waals surface area contributed by atoms with Crippen molar-refractivity contribution in [2.24, 2.45) is 4.99 Å². The number of aryl methyl sites for hydroxylation is 1. The maximum absolute atomic E-state index is 5.60. The zero-order valence-electron chi connectivity index (χ0n) is 14.7. The van der Waals surface area contributed by atoms with Crippen LogP contribution in [0.5, 0.6) is 0 Å². The number of nitrogens with zero attached hydrogens (tertiary/aromatic N) is 3. The Morgan fingerprint density at radius 3 is 2.76 bits per heavy atom. The Balaban J connectivity index is 1.59. The van der Waals surface area contributed by atoms with Crippen molar-refractivity contribution in [2.45, 2.75) is 20.0 Å². The summed E-state index contributed by atoms with van der Waals surface area (Å²) in [6.07, 6.45) is 1.69. The maximum atomic E-state index is 5.60. The lowest BCUT2D eigenvalue weighted by atomic mass is 10.1. The van der Waals surface area contributed by atoms with E-state index in [9.17, 15) is 0 Å². The van der Waals surface area contributed by atoms with Crippen molar-refractivity contribution in [1.29, 1.82) is 0 Å². The van der Waals surface area contributed by atoms with Gasteiger partial charge in [-0.3, -0.25) is 4.99 Å². The Bertz CT molecular complexity index is 821. The van der Waals surface area contributed by atoms with E-state index in [0.717, 1.165) is 23.8 Å². The average Bonchev–Trinajstić information content (AvgIpc) is 3.28. The summed E-state index contributed by atoms with van der Waals surface area (Å²) in [5, 5.41) is 7.56. The molecular formula is C19H22N4OS. The summed E-state index contributed by atoms with van der Waals surface area (Å²) in [5.74, 6) is 1.46. The first-order chi connectivity index (χ1) is 12.2. The minimum Gasteiger partial charge on any atom is -0.444 e. The highest BCUT2D eigenvalue weighted by molar-refractivity contribution is 7.07. The van der Waals surface area contributed by atoms with Crippen molar-refractivity contribution in [3.8, 4) is 11.5 Å². The molecule has 2 aromatic heterocycles. The molecular weight excluding hydrogens is 332 g/mol. The lowest BCUT2D eigenvalue weighted by molar-refractivity contribution is 0.476. The molecule has 0 fully saturated rings. The predicted molar refractivity (Wildman–Crippen MR) is 103 cm³/mol. The fraction of sp³-hybridized carbons (Fsp3) is 0.263. The minimum atomic E-state index is 0.565. The van der Waals surface area contributed by atoms with Gasteiger partial charge in [0.15, 0.2) is 5.96 Å². The van der Waals surface area contributed by atoms with Gasteiger partial charge in [0, 0.05) is 26.2 Å². The second-order valence-corrected chi connectivity index (χ2v) is 6.68. The molecule has 2 heterocycles. The zero-order valence-corrected chi connectivity index (χ0v) is 15.5. The number of oxazole rings is 1. The van der Waals surface area contributed by atoms with E-state index in [0.29, 0.717) is 12.4 Å². The lowest BCUT2D eigenvalue weighted by Gasteiger charge is -2.21. The van der Waals surface area contributed by atoms with Crippen LogP contribution in [0.15, 0.2) is 56.8 Å². The maximum Gasteiger partial charge on any atom is 0.226 e. The molecule has 0 unspecified atom stereocenters. The van der Waals surface area contributed by atoms with Crippen LogP contribution in [-0.4, -0.2) is 29.9 Å². The fourth-order valence-corrected chi connectivity index (χ4v) is 3.16. The molecule has 5 nitrogen and oxygen atoms in total. The van der Waals surface area contributed by atoms with E-state index >= 15 is 0 Å². The second-order valence-electron chi connectivity index (χ2n) is 5.90. The summed E-state index contributed by atoms with van der Waals surface area (Å²) in [4.78, 5) is 11.0. The molecule has 0 spiro atoms. The smallest absolute Gasteiger partial charge is 0.226 e. The van der Waals surface area contributed by atoms with E-state index in [4.69, 9.17) is 4.42 Å². The molecule has 0 bridgehead atoms. The Kier molecular flexibility index (Phi) is 5.50. The Hall–Kier alpha value is -2.60. The Morgan fingerprint density at radius 2 is 2.08 bits per heavy atom. The van der Waals surface area contributed by atoms with Gasteiger partial charge in [-0.25, -0.2) is 4.98 Å². The van der Waals surface area contributed by atoms with E-state index in [1.807, 2.05) is 19.2 Å². The molecule has 0 saturated carbocycles. The molecule has 0 atom stereocenters. The monoisotopic (exact) mass is 354 g/mol. The number of benzene rings is 1. The summed E-state index contributed by atoms with van der Waals surface area (Å²) in [6.45, 7) is 3.44. The third-order valence-electron chi connectivity index (χ3n) is 3.85. The molecule has 0 aliphatic carbocycles. The van der Waals surface area contributed by atoms with E-state index in [1.54, 1.807) is 24.6 Å². The molecule has 25 heavy (non-hydrogen) atoms. The highest BCUT2D eigenvalue weighted by Crippen LogP contribution is 2.19.